The van der Waals surface area contributed by atoms with Crippen molar-refractivity contribution in [3.05, 3.63) is 89.5 Å². The van der Waals surface area contributed by atoms with Crippen molar-refractivity contribution in [1.29, 1.82) is 0 Å². The Hall–Kier alpha value is -3.32. The van der Waals surface area contributed by atoms with Crippen molar-refractivity contribution >= 4 is 21.6 Å². The number of hydrogen-bond donors (Lipinski definition) is 1. The standard InChI is InChI=1S/C24H26N2O4S/c1-18-9-10-19(2)23(15-18)31(28,29)26(21-11-13-22(30-3)14-12-21)17-24(27)25-16-20-7-5-4-6-8-20/h4-15H,16-17H2,1-3H3,(H,25,27). The van der Waals surface area contributed by atoms with E-state index in [-0.39, 0.29) is 11.4 Å². The van der Waals surface area contributed by atoms with Gasteiger partial charge in [-0.05, 0) is 60.9 Å². The minimum atomic E-state index is -3.97. The molecule has 0 spiro atoms. The zero-order valence-electron chi connectivity index (χ0n) is 17.8. The third-order valence-electron chi connectivity index (χ3n) is 4.89. The van der Waals surface area contributed by atoms with Gasteiger partial charge >= 0.3 is 0 Å². The fourth-order valence-corrected chi connectivity index (χ4v) is 4.88. The van der Waals surface area contributed by atoms with Crippen LogP contribution in [0.3, 0.4) is 0 Å². The third-order valence-corrected chi connectivity index (χ3v) is 6.81. The molecule has 0 fully saturated rings. The number of benzene rings is 3. The molecule has 0 heterocycles. The van der Waals surface area contributed by atoms with Gasteiger partial charge < -0.3 is 10.1 Å². The molecule has 162 valence electrons. The smallest absolute Gasteiger partial charge is 0.265 e. The summed E-state index contributed by atoms with van der Waals surface area (Å²) < 4.78 is 33.5. The summed E-state index contributed by atoms with van der Waals surface area (Å²) in [5, 5.41) is 2.80. The number of carbonyl (C=O) groups is 1. The average molecular weight is 439 g/mol. The van der Waals surface area contributed by atoms with Crippen LogP contribution in [0.4, 0.5) is 5.69 Å². The van der Waals surface area contributed by atoms with Crippen molar-refractivity contribution in [1.82, 2.24) is 5.32 Å². The van der Waals surface area contributed by atoms with Crippen LogP contribution in [0.5, 0.6) is 5.75 Å². The highest BCUT2D eigenvalue weighted by atomic mass is 32.2. The highest BCUT2D eigenvalue weighted by Gasteiger charge is 2.28. The largest absolute Gasteiger partial charge is 0.497 e. The molecule has 0 aromatic heterocycles. The molecule has 0 bridgehead atoms. The van der Waals surface area contributed by atoms with E-state index in [2.05, 4.69) is 5.32 Å². The van der Waals surface area contributed by atoms with Crippen LogP contribution >= 0.6 is 0 Å². The maximum Gasteiger partial charge on any atom is 0.265 e. The van der Waals surface area contributed by atoms with Gasteiger partial charge in [0.2, 0.25) is 5.91 Å². The summed E-state index contributed by atoms with van der Waals surface area (Å²) in [7, 11) is -2.43. The predicted octanol–water partition coefficient (Wildman–Crippen LogP) is 3.82. The highest BCUT2D eigenvalue weighted by molar-refractivity contribution is 7.93. The number of rotatable bonds is 8. The van der Waals surface area contributed by atoms with Crippen LogP contribution in [0.1, 0.15) is 16.7 Å². The molecule has 0 saturated heterocycles. The van der Waals surface area contributed by atoms with E-state index < -0.39 is 15.9 Å². The summed E-state index contributed by atoms with van der Waals surface area (Å²) in [6.45, 7) is 3.56. The molecule has 3 aromatic carbocycles. The van der Waals surface area contributed by atoms with E-state index >= 15 is 0 Å². The first-order valence-electron chi connectivity index (χ1n) is 9.86. The second-order valence-corrected chi connectivity index (χ2v) is 9.07. The van der Waals surface area contributed by atoms with Crippen molar-refractivity contribution in [2.45, 2.75) is 25.3 Å². The van der Waals surface area contributed by atoms with Crippen LogP contribution in [-0.4, -0.2) is 28.0 Å². The Balaban J connectivity index is 1.92. The third kappa shape index (κ3) is 5.44. The van der Waals surface area contributed by atoms with Gasteiger partial charge in [0.25, 0.3) is 10.0 Å². The summed E-state index contributed by atoms with van der Waals surface area (Å²) in [6, 6.07) is 21.3. The van der Waals surface area contributed by atoms with E-state index in [0.29, 0.717) is 23.5 Å². The maximum absolute atomic E-state index is 13.6. The van der Waals surface area contributed by atoms with Crippen LogP contribution in [0.15, 0.2) is 77.7 Å². The lowest BCUT2D eigenvalue weighted by Crippen LogP contribution is -2.41. The summed E-state index contributed by atoms with van der Waals surface area (Å²) in [4.78, 5) is 12.9. The maximum atomic E-state index is 13.6. The number of amides is 1. The molecule has 3 aromatic rings. The van der Waals surface area contributed by atoms with Gasteiger partial charge in [0, 0.05) is 6.54 Å². The molecule has 0 unspecified atom stereocenters. The lowest BCUT2D eigenvalue weighted by Gasteiger charge is -2.25. The predicted molar refractivity (Wildman–Crippen MR) is 122 cm³/mol. The molecular formula is C24H26N2O4S. The van der Waals surface area contributed by atoms with Crippen LogP contribution in [0.25, 0.3) is 0 Å². The molecule has 0 aliphatic heterocycles. The number of carbonyl (C=O) groups excluding carboxylic acids is 1. The molecular weight excluding hydrogens is 412 g/mol. The van der Waals surface area contributed by atoms with Crippen molar-refractivity contribution in [2.75, 3.05) is 18.0 Å². The van der Waals surface area contributed by atoms with E-state index in [1.54, 1.807) is 43.3 Å². The van der Waals surface area contributed by atoms with Crippen molar-refractivity contribution in [2.24, 2.45) is 0 Å². The molecule has 3 rings (SSSR count). The van der Waals surface area contributed by atoms with Gasteiger partial charge in [0.1, 0.15) is 12.3 Å². The Morgan fingerprint density at radius 1 is 0.968 bits per heavy atom. The van der Waals surface area contributed by atoms with Crippen molar-refractivity contribution in [3.63, 3.8) is 0 Å². The number of methoxy groups -OCH3 is 1. The quantitative estimate of drug-likeness (QED) is 0.580. The van der Waals surface area contributed by atoms with Crippen LogP contribution < -0.4 is 14.4 Å². The van der Waals surface area contributed by atoms with Crippen LogP contribution in [0, 0.1) is 13.8 Å². The number of hydrogen-bond acceptors (Lipinski definition) is 4. The molecule has 0 aliphatic rings. The van der Waals surface area contributed by atoms with E-state index in [9.17, 15) is 13.2 Å². The van der Waals surface area contributed by atoms with Crippen LogP contribution in [-0.2, 0) is 21.4 Å². The molecule has 31 heavy (non-hydrogen) atoms. The lowest BCUT2D eigenvalue weighted by molar-refractivity contribution is -0.119. The summed E-state index contributed by atoms with van der Waals surface area (Å²) in [5.74, 6) is 0.204. The SMILES string of the molecule is COc1ccc(N(CC(=O)NCc2ccccc2)S(=O)(=O)c2cc(C)ccc2C)cc1. The minimum Gasteiger partial charge on any atom is -0.497 e. The number of nitrogens with one attached hydrogen (secondary N) is 1. The van der Waals surface area contributed by atoms with Crippen molar-refractivity contribution in [3.8, 4) is 5.75 Å². The fraction of sp³-hybridized carbons (Fsp3) is 0.208. The first-order chi connectivity index (χ1) is 14.8. The summed E-state index contributed by atoms with van der Waals surface area (Å²) in [5.41, 5.74) is 2.77. The van der Waals surface area contributed by atoms with Gasteiger partial charge in [-0.1, -0.05) is 42.5 Å². The second kappa shape index (κ2) is 9.66. The number of ether oxygens (including phenoxy) is 1. The van der Waals surface area contributed by atoms with Crippen LogP contribution in [0.2, 0.25) is 0 Å². The summed E-state index contributed by atoms with van der Waals surface area (Å²) in [6.07, 6.45) is 0. The number of anilines is 1. The Morgan fingerprint density at radius 3 is 2.29 bits per heavy atom. The molecule has 0 saturated carbocycles. The first kappa shape index (κ1) is 22.4. The zero-order chi connectivity index (χ0) is 22.4. The van der Waals surface area contributed by atoms with Gasteiger partial charge in [-0.15, -0.1) is 0 Å². The minimum absolute atomic E-state index is 0.180. The van der Waals surface area contributed by atoms with E-state index in [1.807, 2.05) is 43.3 Å². The highest BCUT2D eigenvalue weighted by Crippen LogP contribution is 2.28. The number of nitrogens with zero attached hydrogens (tertiary/aromatic N) is 1. The second-order valence-electron chi connectivity index (χ2n) is 7.24. The Kier molecular flexibility index (Phi) is 6.97. The van der Waals surface area contributed by atoms with Gasteiger partial charge in [0.15, 0.2) is 0 Å². The number of aryl methyl sites for hydroxylation is 2. The van der Waals surface area contributed by atoms with Gasteiger partial charge in [-0.3, -0.25) is 9.10 Å². The van der Waals surface area contributed by atoms with E-state index in [0.717, 1.165) is 15.4 Å². The molecule has 0 atom stereocenters. The van der Waals surface area contributed by atoms with Gasteiger partial charge in [0.05, 0.1) is 17.7 Å². The lowest BCUT2D eigenvalue weighted by atomic mass is 10.2. The number of sulfonamides is 1. The Labute approximate surface area is 183 Å². The van der Waals surface area contributed by atoms with Crippen molar-refractivity contribution < 1.29 is 17.9 Å². The van der Waals surface area contributed by atoms with E-state index in [1.165, 1.54) is 7.11 Å². The molecule has 1 N–H and O–H groups in total. The monoisotopic (exact) mass is 438 g/mol. The summed E-state index contributed by atoms with van der Waals surface area (Å²) >= 11 is 0. The zero-order valence-corrected chi connectivity index (χ0v) is 18.6. The average Bonchev–Trinajstić information content (AvgIpc) is 2.78. The van der Waals surface area contributed by atoms with Gasteiger partial charge in [-0.25, -0.2) is 8.42 Å². The van der Waals surface area contributed by atoms with E-state index in [4.69, 9.17) is 4.74 Å². The Bertz CT molecular complexity index is 1140. The fourth-order valence-electron chi connectivity index (χ4n) is 3.15. The molecule has 7 heteroatoms. The Morgan fingerprint density at radius 2 is 1.65 bits per heavy atom. The first-order valence-corrected chi connectivity index (χ1v) is 11.3. The topological polar surface area (TPSA) is 75.7 Å². The normalized spacial score (nSPS) is 11.1. The molecule has 0 radical (unpaired) electrons. The molecule has 6 nitrogen and oxygen atoms in total. The van der Waals surface area contributed by atoms with Gasteiger partial charge in [-0.2, -0.15) is 0 Å². The molecule has 1 amide bonds. The molecule has 0 aliphatic carbocycles.